The van der Waals surface area contributed by atoms with Crippen LogP contribution in [-0.2, 0) is 11.8 Å². The van der Waals surface area contributed by atoms with Gasteiger partial charge in [-0.25, -0.2) is 0 Å². The average Bonchev–Trinajstić information content (AvgIpc) is 2.62. The highest BCUT2D eigenvalue weighted by atomic mass is 16.5. The molecule has 1 saturated heterocycles. The third-order valence-electron chi connectivity index (χ3n) is 2.30. The SMILES string of the molecule is CC.Cc1cn(C)nc1N1CCOCC1. The second kappa shape index (κ2) is 5.75. The van der Waals surface area contributed by atoms with Crippen LogP contribution in [0.1, 0.15) is 19.4 Å². The number of nitrogens with zero attached hydrogens (tertiary/aromatic N) is 3. The summed E-state index contributed by atoms with van der Waals surface area (Å²) in [7, 11) is 1.96. The van der Waals surface area contributed by atoms with E-state index in [1.807, 2.05) is 31.8 Å². The second-order valence-corrected chi connectivity index (χ2v) is 3.41. The Kier molecular flexibility index (Phi) is 4.62. The fraction of sp³-hybridized carbons (Fsp3) is 0.727. The van der Waals surface area contributed by atoms with E-state index in [9.17, 15) is 0 Å². The molecule has 0 aliphatic carbocycles. The maximum Gasteiger partial charge on any atom is 0.153 e. The molecule has 0 aromatic carbocycles. The molecule has 0 amide bonds. The van der Waals surface area contributed by atoms with Gasteiger partial charge in [-0.15, -0.1) is 0 Å². The summed E-state index contributed by atoms with van der Waals surface area (Å²) in [6.07, 6.45) is 2.05. The van der Waals surface area contributed by atoms with Gasteiger partial charge < -0.3 is 9.64 Å². The topological polar surface area (TPSA) is 30.3 Å². The summed E-state index contributed by atoms with van der Waals surface area (Å²) in [5.41, 5.74) is 1.24. The number of anilines is 1. The molecule has 0 unspecified atom stereocenters. The Bertz CT molecular complexity index is 290. The first-order valence-electron chi connectivity index (χ1n) is 5.60. The number of aryl methyl sites for hydroxylation is 2. The van der Waals surface area contributed by atoms with Crippen molar-refractivity contribution in [1.82, 2.24) is 9.78 Å². The van der Waals surface area contributed by atoms with E-state index in [2.05, 4.69) is 16.9 Å². The lowest BCUT2D eigenvalue weighted by Crippen LogP contribution is -2.36. The predicted octanol–water partition coefficient (Wildman–Crippen LogP) is 1.59. The molecule has 1 aromatic heterocycles. The Morgan fingerprint density at radius 2 is 1.87 bits per heavy atom. The molecule has 86 valence electrons. The summed E-state index contributed by atoms with van der Waals surface area (Å²) < 4.78 is 7.15. The zero-order valence-electron chi connectivity index (χ0n) is 10.2. The van der Waals surface area contributed by atoms with Gasteiger partial charge in [0, 0.05) is 31.9 Å². The molecular weight excluding hydrogens is 190 g/mol. The lowest BCUT2D eigenvalue weighted by molar-refractivity contribution is 0.122. The normalized spacial score (nSPS) is 15.9. The van der Waals surface area contributed by atoms with Crippen LogP contribution in [-0.4, -0.2) is 36.1 Å². The van der Waals surface area contributed by atoms with Crippen molar-refractivity contribution >= 4 is 5.82 Å². The monoisotopic (exact) mass is 211 g/mol. The van der Waals surface area contributed by atoms with E-state index in [1.165, 1.54) is 5.56 Å². The Hall–Kier alpha value is -1.03. The second-order valence-electron chi connectivity index (χ2n) is 3.41. The van der Waals surface area contributed by atoms with Gasteiger partial charge in [0.2, 0.25) is 0 Å². The van der Waals surface area contributed by atoms with Gasteiger partial charge in [0.15, 0.2) is 5.82 Å². The van der Waals surface area contributed by atoms with E-state index in [4.69, 9.17) is 4.74 Å². The summed E-state index contributed by atoms with van der Waals surface area (Å²) in [5.74, 6) is 1.10. The van der Waals surface area contributed by atoms with E-state index in [0.717, 1.165) is 32.1 Å². The first-order valence-corrected chi connectivity index (χ1v) is 5.60. The lowest BCUT2D eigenvalue weighted by Gasteiger charge is -2.27. The molecule has 0 saturated carbocycles. The Morgan fingerprint density at radius 3 is 2.33 bits per heavy atom. The third-order valence-corrected chi connectivity index (χ3v) is 2.30. The molecule has 4 heteroatoms. The van der Waals surface area contributed by atoms with Crippen molar-refractivity contribution in [3.8, 4) is 0 Å². The molecule has 0 spiro atoms. The minimum atomic E-state index is 0.815. The van der Waals surface area contributed by atoms with Crippen LogP contribution in [0.25, 0.3) is 0 Å². The molecule has 1 aliphatic heterocycles. The number of rotatable bonds is 1. The highest BCUT2D eigenvalue weighted by Gasteiger charge is 2.15. The molecule has 4 nitrogen and oxygen atoms in total. The molecular formula is C11H21N3O. The van der Waals surface area contributed by atoms with Gasteiger partial charge in [0.05, 0.1) is 13.2 Å². The number of ether oxygens (including phenoxy) is 1. The van der Waals surface area contributed by atoms with Crippen LogP contribution < -0.4 is 4.90 Å². The van der Waals surface area contributed by atoms with Gasteiger partial charge in [0.25, 0.3) is 0 Å². The van der Waals surface area contributed by atoms with Crippen LogP contribution >= 0.6 is 0 Å². The molecule has 1 aliphatic rings. The van der Waals surface area contributed by atoms with Crippen LogP contribution in [0.3, 0.4) is 0 Å². The first kappa shape index (κ1) is 12.0. The molecule has 0 bridgehead atoms. The quantitative estimate of drug-likeness (QED) is 0.706. The zero-order chi connectivity index (χ0) is 11.3. The minimum Gasteiger partial charge on any atom is -0.378 e. The van der Waals surface area contributed by atoms with Gasteiger partial charge in [-0.3, -0.25) is 4.68 Å². The molecule has 15 heavy (non-hydrogen) atoms. The molecule has 1 aromatic rings. The van der Waals surface area contributed by atoms with E-state index >= 15 is 0 Å². The van der Waals surface area contributed by atoms with E-state index in [0.29, 0.717) is 0 Å². The summed E-state index contributed by atoms with van der Waals surface area (Å²) in [5, 5.41) is 4.42. The van der Waals surface area contributed by atoms with Gasteiger partial charge in [-0.1, -0.05) is 13.8 Å². The molecule has 2 rings (SSSR count). The molecule has 1 fully saturated rings. The number of aromatic nitrogens is 2. The van der Waals surface area contributed by atoms with Crippen molar-refractivity contribution in [3.63, 3.8) is 0 Å². The molecule has 2 heterocycles. The fourth-order valence-corrected chi connectivity index (χ4v) is 1.68. The largest absolute Gasteiger partial charge is 0.378 e. The molecule has 0 radical (unpaired) electrons. The first-order chi connectivity index (χ1) is 7.27. The summed E-state index contributed by atoms with van der Waals surface area (Å²) >= 11 is 0. The zero-order valence-corrected chi connectivity index (χ0v) is 10.2. The smallest absolute Gasteiger partial charge is 0.153 e. The van der Waals surface area contributed by atoms with Gasteiger partial charge in [-0.05, 0) is 6.92 Å². The van der Waals surface area contributed by atoms with E-state index in [-0.39, 0.29) is 0 Å². The van der Waals surface area contributed by atoms with Crippen LogP contribution in [0.2, 0.25) is 0 Å². The van der Waals surface area contributed by atoms with Gasteiger partial charge >= 0.3 is 0 Å². The summed E-state index contributed by atoms with van der Waals surface area (Å²) in [6.45, 7) is 9.64. The van der Waals surface area contributed by atoms with Gasteiger partial charge in [0.1, 0.15) is 0 Å². The highest BCUT2D eigenvalue weighted by Crippen LogP contribution is 2.17. The summed E-state index contributed by atoms with van der Waals surface area (Å²) in [6, 6.07) is 0. The number of hydrogen-bond acceptors (Lipinski definition) is 3. The Labute approximate surface area is 91.8 Å². The molecule has 0 atom stereocenters. The van der Waals surface area contributed by atoms with Crippen molar-refractivity contribution in [2.45, 2.75) is 20.8 Å². The third kappa shape index (κ3) is 2.96. The van der Waals surface area contributed by atoms with Crippen molar-refractivity contribution in [2.75, 3.05) is 31.2 Å². The van der Waals surface area contributed by atoms with E-state index < -0.39 is 0 Å². The summed E-state index contributed by atoms with van der Waals surface area (Å²) in [4.78, 5) is 2.28. The Balaban J connectivity index is 0.000000531. The van der Waals surface area contributed by atoms with Crippen molar-refractivity contribution < 1.29 is 4.74 Å². The lowest BCUT2D eigenvalue weighted by atomic mass is 10.3. The van der Waals surface area contributed by atoms with Gasteiger partial charge in [-0.2, -0.15) is 5.10 Å². The number of morpholine rings is 1. The highest BCUT2D eigenvalue weighted by molar-refractivity contribution is 5.45. The van der Waals surface area contributed by atoms with Crippen molar-refractivity contribution in [1.29, 1.82) is 0 Å². The van der Waals surface area contributed by atoms with E-state index in [1.54, 1.807) is 0 Å². The standard InChI is InChI=1S/C9H15N3O.C2H6/c1-8-7-11(2)10-9(8)12-3-5-13-6-4-12;1-2/h7H,3-6H2,1-2H3;1-2H3. The Morgan fingerprint density at radius 1 is 1.27 bits per heavy atom. The average molecular weight is 211 g/mol. The molecule has 0 N–H and O–H groups in total. The predicted molar refractivity (Wildman–Crippen MR) is 62.3 cm³/mol. The number of hydrogen-bond donors (Lipinski definition) is 0. The minimum absolute atomic E-state index is 0.815. The van der Waals surface area contributed by atoms with Crippen LogP contribution in [0.4, 0.5) is 5.82 Å². The maximum atomic E-state index is 5.29. The van der Waals surface area contributed by atoms with Crippen molar-refractivity contribution in [2.24, 2.45) is 7.05 Å². The fourth-order valence-electron chi connectivity index (χ4n) is 1.68. The van der Waals surface area contributed by atoms with Crippen molar-refractivity contribution in [3.05, 3.63) is 11.8 Å². The van der Waals surface area contributed by atoms with Crippen LogP contribution in [0.5, 0.6) is 0 Å². The maximum absolute atomic E-state index is 5.29. The van der Waals surface area contributed by atoms with Crippen LogP contribution in [0, 0.1) is 6.92 Å². The van der Waals surface area contributed by atoms with Crippen LogP contribution in [0.15, 0.2) is 6.20 Å².